The Hall–Kier alpha value is -3.01. The first-order valence-electron chi connectivity index (χ1n) is 6.25. The van der Waals surface area contributed by atoms with Crippen LogP contribution in [0.1, 0.15) is 5.76 Å². The summed E-state index contributed by atoms with van der Waals surface area (Å²) in [6, 6.07) is 8.60. The number of nitrogens with zero attached hydrogens (tertiary/aromatic N) is 5. The topological polar surface area (TPSA) is 99.9 Å². The highest BCUT2D eigenvalue weighted by atomic mass is 32.2. The summed E-state index contributed by atoms with van der Waals surface area (Å²) < 4.78 is 19.6. The Morgan fingerprint density at radius 1 is 1.35 bits per heavy atom. The van der Waals surface area contributed by atoms with Crippen molar-refractivity contribution in [1.29, 1.82) is 0 Å². The van der Waals surface area contributed by atoms with Gasteiger partial charge in [0.1, 0.15) is 16.5 Å². The van der Waals surface area contributed by atoms with Crippen molar-refractivity contribution < 1.29 is 13.7 Å². The number of benzene rings is 1. The van der Waals surface area contributed by atoms with E-state index in [0.717, 1.165) is 11.8 Å². The molecule has 0 aliphatic heterocycles. The monoisotopic (exact) mass is 333 g/mol. The highest BCUT2D eigenvalue weighted by Crippen LogP contribution is 2.22. The molecule has 0 aliphatic rings. The Morgan fingerprint density at radius 2 is 2.22 bits per heavy atom. The minimum Gasteiger partial charge on any atom is -0.401 e. The third-order valence-electron chi connectivity index (χ3n) is 2.69. The smallest absolute Gasteiger partial charge is 0.401 e. The lowest BCUT2D eigenvalue weighted by molar-refractivity contribution is -0.402. The summed E-state index contributed by atoms with van der Waals surface area (Å²) in [5.41, 5.74) is 0.486. The predicted molar refractivity (Wildman–Crippen MR) is 79.4 cm³/mol. The van der Waals surface area contributed by atoms with E-state index in [0.29, 0.717) is 16.6 Å². The Balaban J connectivity index is 1.75. The van der Waals surface area contributed by atoms with Gasteiger partial charge in [-0.15, -0.1) is 5.10 Å². The quantitative estimate of drug-likeness (QED) is 0.402. The molecule has 0 amide bonds. The molecule has 2 heterocycles. The van der Waals surface area contributed by atoms with Gasteiger partial charge in [-0.25, -0.2) is 4.39 Å². The SMILES string of the molecule is O=[N+]([O-])c1ccc(C=CSc2nnnn2-c2cccc(F)c2)o1. The summed E-state index contributed by atoms with van der Waals surface area (Å²) in [5, 5.41) is 23.7. The van der Waals surface area contributed by atoms with Crippen LogP contribution in [0.2, 0.25) is 0 Å². The van der Waals surface area contributed by atoms with Crippen molar-refractivity contribution in [3.05, 3.63) is 63.5 Å². The first kappa shape index (κ1) is 14.9. The van der Waals surface area contributed by atoms with E-state index in [2.05, 4.69) is 15.5 Å². The average molecular weight is 333 g/mol. The van der Waals surface area contributed by atoms with E-state index in [4.69, 9.17) is 4.42 Å². The third-order valence-corrected chi connectivity index (χ3v) is 3.43. The van der Waals surface area contributed by atoms with Gasteiger partial charge in [0.2, 0.25) is 5.16 Å². The fourth-order valence-corrected chi connectivity index (χ4v) is 2.36. The predicted octanol–water partition coefficient (Wildman–Crippen LogP) is 3.07. The van der Waals surface area contributed by atoms with E-state index in [1.165, 1.54) is 28.9 Å². The van der Waals surface area contributed by atoms with Crippen LogP contribution in [-0.2, 0) is 0 Å². The van der Waals surface area contributed by atoms with Crippen LogP contribution in [0, 0.1) is 15.9 Å². The minimum absolute atomic E-state index is 0.328. The second kappa shape index (κ2) is 6.40. The first-order chi connectivity index (χ1) is 11.1. The average Bonchev–Trinajstić information content (AvgIpc) is 3.16. The van der Waals surface area contributed by atoms with Gasteiger partial charge in [0, 0.05) is 0 Å². The molecule has 116 valence electrons. The lowest BCUT2D eigenvalue weighted by Gasteiger charge is -2.01. The zero-order valence-corrected chi connectivity index (χ0v) is 12.2. The number of tetrazole rings is 1. The van der Waals surface area contributed by atoms with Crippen molar-refractivity contribution in [2.24, 2.45) is 0 Å². The summed E-state index contributed by atoms with van der Waals surface area (Å²) in [6.07, 6.45) is 1.54. The first-order valence-corrected chi connectivity index (χ1v) is 7.13. The molecule has 0 saturated carbocycles. The normalized spacial score (nSPS) is 11.2. The molecule has 0 radical (unpaired) electrons. The van der Waals surface area contributed by atoms with Gasteiger partial charge in [-0.2, -0.15) is 4.68 Å². The van der Waals surface area contributed by atoms with Gasteiger partial charge in [0.15, 0.2) is 0 Å². The third kappa shape index (κ3) is 3.43. The molecule has 3 aromatic rings. The van der Waals surface area contributed by atoms with E-state index < -0.39 is 10.7 Å². The van der Waals surface area contributed by atoms with Gasteiger partial charge in [0.05, 0.1) is 11.8 Å². The van der Waals surface area contributed by atoms with Crippen LogP contribution in [0.15, 0.2) is 51.4 Å². The zero-order valence-electron chi connectivity index (χ0n) is 11.4. The van der Waals surface area contributed by atoms with Crippen LogP contribution in [0.25, 0.3) is 11.8 Å². The maximum absolute atomic E-state index is 13.3. The molecular formula is C13H8FN5O3S. The highest BCUT2D eigenvalue weighted by Gasteiger charge is 2.11. The maximum Gasteiger partial charge on any atom is 0.433 e. The number of hydrogen-bond donors (Lipinski definition) is 0. The molecule has 2 aromatic heterocycles. The number of thioether (sulfide) groups is 1. The summed E-state index contributed by atoms with van der Waals surface area (Å²) >= 11 is 1.16. The minimum atomic E-state index is -0.616. The van der Waals surface area contributed by atoms with Crippen LogP contribution < -0.4 is 0 Å². The van der Waals surface area contributed by atoms with Crippen molar-refractivity contribution in [2.45, 2.75) is 5.16 Å². The Morgan fingerprint density at radius 3 is 2.96 bits per heavy atom. The van der Waals surface area contributed by atoms with Crippen molar-refractivity contribution in [1.82, 2.24) is 20.2 Å². The van der Waals surface area contributed by atoms with E-state index in [9.17, 15) is 14.5 Å². The van der Waals surface area contributed by atoms with Crippen LogP contribution >= 0.6 is 11.8 Å². The van der Waals surface area contributed by atoms with E-state index >= 15 is 0 Å². The molecule has 0 unspecified atom stereocenters. The zero-order chi connectivity index (χ0) is 16.2. The number of rotatable bonds is 5. The number of furan rings is 1. The fourth-order valence-electron chi connectivity index (χ4n) is 1.71. The lowest BCUT2D eigenvalue weighted by Crippen LogP contribution is -1.98. The van der Waals surface area contributed by atoms with Crippen molar-refractivity contribution >= 4 is 23.7 Å². The van der Waals surface area contributed by atoms with Gasteiger partial charge in [-0.05, 0) is 46.2 Å². The molecule has 0 saturated heterocycles. The molecule has 0 spiro atoms. The fraction of sp³-hybridized carbons (Fsp3) is 0. The van der Waals surface area contributed by atoms with E-state index in [1.807, 2.05) is 0 Å². The second-order valence-corrected chi connectivity index (χ2v) is 5.08. The van der Waals surface area contributed by atoms with Crippen molar-refractivity contribution in [3.63, 3.8) is 0 Å². The van der Waals surface area contributed by atoms with Crippen molar-refractivity contribution in [3.8, 4) is 5.69 Å². The Kier molecular flexibility index (Phi) is 4.15. The number of nitro groups is 1. The molecule has 8 nitrogen and oxygen atoms in total. The Bertz CT molecular complexity index is 876. The number of halogens is 1. The number of hydrogen-bond acceptors (Lipinski definition) is 7. The lowest BCUT2D eigenvalue weighted by atomic mass is 10.3. The summed E-state index contributed by atoms with van der Waals surface area (Å²) in [4.78, 5) is 9.91. The standard InChI is InChI=1S/C13H8FN5O3S/c14-9-2-1-3-10(8-9)18-13(15-16-17-18)23-7-6-11-4-5-12(22-11)19(20)21/h1-8H. The molecule has 1 aromatic carbocycles. The molecule has 0 aliphatic carbocycles. The molecular weight excluding hydrogens is 325 g/mol. The van der Waals surface area contributed by atoms with Gasteiger partial charge < -0.3 is 4.42 Å². The van der Waals surface area contributed by atoms with Crippen molar-refractivity contribution in [2.75, 3.05) is 0 Å². The Labute approximate surface area is 132 Å². The summed E-state index contributed by atoms with van der Waals surface area (Å²) in [7, 11) is 0. The van der Waals surface area contributed by atoms with Gasteiger partial charge >= 0.3 is 5.88 Å². The van der Waals surface area contributed by atoms with Gasteiger partial charge in [-0.1, -0.05) is 17.8 Å². The molecule has 0 fully saturated rings. The van der Waals surface area contributed by atoms with Crippen LogP contribution in [0.4, 0.5) is 10.3 Å². The summed E-state index contributed by atoms with van der Waals surface area (Å²) in [5.74, 6) is -0.402. The molecule has 3 rings (SSSR count). The van der Waals surface area contributed by atoms with Crippen LogP contribution in [0.3, 0.4) is 0 Å². The largest absolute Gasteiger partial charge is 0.433 e. The number of aromatic nitrogens is 4. The molecule has 0 atom stereocenters. The van der Waals surface area contributed by atoms with Gasteiger partial charge in [0.25, 0.3) is 0 Å². The second-order valence-electron chi connectivity index (χ2n) is 4.21. The molecule has 23 heavy (non-hydrogen) atoms. The van der Waals surface area contributed by atoms with Gasteiger partial charge in [-0.3, -0.25) is 10.1 Å². The van der Waals surface area contributed by atoms with Crippen LogP contribution in [-0.4, -0.2) is 25.1 Å². The molecule has 0 N–H and O–H groups in total. The maximum atomic E-state index is 13.3. The van der Waals surface area contributed by atoms with E-state index in [-0.39, 0.29) is 5.88 Å². The van der Waals surface area contributed by atoms with Crippen LogP contribution in [0.5, 0.6) is 0 Å². The molecule has 0 bridgehead atoms. The molecule has 10 heteroatoms. The summed E-state index contributed by atoms with van der Waals surface area (Å²) in [6.45, 7) is 0. The van der Waals surface area contributed by atoms with E-state index in [1.54, 1.807) is 23.6 Å². The highest BCUT2D eigenvalue weighted by molar-refractivity contribution is 8.02.